The lowest BCUT2D eigenvalue weighted by Crippen LogP contribution is -2.48. The normalized spacial score (nSPS) is 19.2. The Morgan fingerprint density at radius 2 is 1.94 bits per heavy atom. The van der Waals surface area contributed by atoms with Crippen LogP contribution in [0.1, 0.15) is 38.8 Å². The van der Waals surface area contributed by atoms with Gasteiger partial charge in [0.1, 0.15) is 5.75 Å². The van der Waals surface area contributed by atoms with Gasteiger partial charge >= 0.3 is 0 Å². The maximum Gasteiger partial charge on any atom is 0.271 e. The van der Waals surface area contributed by atoms with Crippen LogP contribution in [0.4, 0.5) is 5.69 Å². The maximum absolute atomic E-state index is 14.0. The molecule has 1 N–H and O–H groups in total. The number of nitrogens with one attached hydrogen (secondary N) is 1. The van der Waals surface area contributed by atoms with Crippen LogP contribution in [-0.4, -0.2) is 34.0 Å². The van der Waals surface area contributed by atoms with Gasteiger partial charge in [0.25, 0.3) is 5.91 Å². The molecule has 2 heterocycles. The standard InChI is InChI=1S/C23H23ClN4O4S/c1-13(2)32-20-8-6-5-7-16(20)12-27-19-10-9-17(24)11-18(19)23(21(27)31)28(15(4)30)26-22(33-23)25-14(3)29/h5-11,13H,12H2,1-4H3,(H,25,26,29)/t23-/m1/s1. The number of carbonyl (C=O) groups excluding carboxylic acids is 3. The number of amides is 3. The van der Waals surface area contributed by atoms with E-state index < -0.39 is 10.8 Å². The zero-order valence-electron chi connectivity index (χ0n) is 18.6. The van der Waals surface area contributed by atoms with E-state index in [1.165, 1.54) is 13.8 Å². The first-order chi connectivity index (χ1) is 15.6. The highest BCUT2D eigenvalue weighted by atomic mass is 35.5. The predicted molar refractivity (Wildman–Crippen MR) is 128 cm³/mol. The maximum atomic E-state index is 14.0. The third-order valence-corrected chi connectivity index (χ3v) is 6.60. The number of hydrogen-bond donors (Lipinski definition) is 1. The number of ether oxygens (including phenoxy) is 1. The van der Waals surface area contributed by atoms with E-state index in [1.54, 1.807) is 23.1 Å². The van der Waals surface area contributed by atoms with Gasteiger partial charge in [0, 0.05) is 30.0 Å². The molecule has 2 aliphatic heterocycles. The van der Waals surface area contributed by atoms with Crippen molar-refractivity contribution in [2.45, 2.75) is 45.2 Å². The van der Waals surface area contributed by atoms with Gasteiger partial charge in [-0.2, -0.15) is 5.01 Å². The number of rotatable bonds is 4. The molecule has 2 aromatic carbocycles. The van der Waals surface area contributed by atoms with Crippen molar-refractivity contribution in [3.05, 3.63) is 58.6 Å². The Kier molecular flexibility index (Phi) is 6.11. The number of thioether (sulfide) groups is 1. The molecular weight excluding hydrogens is 464 g/mol. The van der Waals surface area contributed by atoms with Gasteiger partial charge in [-0.05, 0) is 49.9 Å². The van der Waals surface area contributed by atoms with Crippen LogP contribution >= 0.6 is 23.4 Å². The molecule has 4 rings (SSSR count). The van der Waals surface area contributed by atoms with Crippen LogP contribution in [0.25, 0.3) is 0 Å². The smallest absolute Gasteiger partial charge is 0.271 e. The summed E-state index contributed by atoms with van der Waals surface area (Å²) in [5, 5.41) is 8.56. The van der Waals surface area contributed by atoms with Crippen LogP contribution in [0, 0.1) is 0 Å². The molecule has 0 unspecified atom stereocenters. The van der Waals surface area contributed by atoms with Crippen LogP contribution in [0.2, 0.25) is 5.02 Å². The van der Waals surface area contributed by atoms with Gasteiger partial charge in [-0.1, -0.05) is 29.8 Å². The van der Waals surface area contributed by atoms with Crippen LogP contribution in [-0.2, 0) is 25.8 Å². The summed E-state index contributed by atoms with van der Waals surface area (Å²) in [5.74, 6) is -0.472. The summed E-state index contributed by atoms with van der Waals surface area (Å²) in [6, 6.07) is 12.6. The molecule has 0 saturated heterocycles. The summed E-state index contributed by atoms with van der Waals surface area (Å²) in [7, 11) is 0. The fourth-order valence-corrected chi connectivity index (χ4v) is 5.41. The number of hydrogen-bond acceptors (Lipinski definition) is 6. The van der Waals surface area contributed by atoms with Crippen molar-refractivity contribution in [2.75, 3.05) is 4.90 Å². The van der Waals surface area contributed by atoms with Crippen LogP contribution in [0.15, 0.2) is 47.6 Å². The summed E-state index contributed by atoms with van der Waals surface area (Å²) in [6.45, 7) is 6.76. The highest BCUT2D eigenvalue weighted by Gasteiger charge is 2.61. The SMILES string of the molecule is CC(=O)NC1=NN(C(C)=O)[C@]2(S1)C(=O)N(Cc1ccccc1OC(C)C)c1ccc(Cl)cc12. The van der Waals surface area contributed by atoms with Gasteiger partial charge in [-0.15, -0.1) is 5.10 Å². The monoisotopic (exact) mass is 486 g/mol. The lowest BCUT2D eigenvalue weighted by Gasteiger charge is -2.29. The Hall–Kier alpha value is -3.04. The molecule has 8 nitrogen and oxygen atoms in total. The molecule has 172 valence electrons. The van der Waals surface area contributed by atoms with E-state index in [0.717, 1.165) is 22.3 Å². The fourth-order valence-electron chi connectivity index (χ4n) is 3.91. The van der Waals surface area contributed by atoms with E-state index in [9.17, 15) is 14.4 Å². The molecule has 0 saturated carbocycles. The molecule has 1 spiro atoms. The minimum Gasteiger partial charge on any atom is -0.491 e. The molecule has 0 radical (unpaired) electrons. The predicted octanol–water partition coefficient (Wildman–Crippen LogP) is 3.83. The molecule has 0 aromatic heterocycles. The van der Waals surface area contributed by atoms with E-state index in [2.05, 4.69) is 10.4 Å². The van der Waals surface area contributed by atoms with E-state index in [-0.39, 0.29) is 29.6 Å². The number of para-hydroxylation sites is 1. The van der Waals surface area contributed by atoms with Crippen molar-refractivity contribution in [3.8, 4) is 5.75 Å². The number of fused-ring (bicyclic) bond motifs is 2. The highest BCUT2D eigenvalue weighted by molar-refractivity contribution is 8.15. The first kappa shape index (κ1) is 23.1. The first-order valence-corrected chi connectivity index (χ1v) is 11.6. The van der Waals surface area contributed by atoms with Gasteiger partial charge in [-0.25, -0.2) is 0 Å². The summed E-state index contributed by atoms with van der Waals surface area (Å²) in [5.41, 5.74) is 1.96. The molecule has 3 amide bonds. The Labute approximate surface area is 200 Å². The molecule has 2 aliphatic rings. The van der Waals surface area contributed by atoms with Crippen LogP contribution in [0.5, 0.6) is 5.75 Å². The van der Waals surface area contributed by atoms with Crippen molar-refractivity contribution in [3.63, 3.8) is 0 Å². The molecule has 1 atom stereocenters. The highest BCUT2D eigenvalue weighted by Crippen LogP contribution is 2.55. The average molecular weight is 487 g/mol. The minimum absolute atomic E-state index is 0.0370. The van der Waals surface area contributed by atoms with E-state index in [1.807, 2.05) is 38.1 Å². The summed E-state index contributed by atoms with van der Waals surface area (Å²) in [6.07, 6.45) is -0.0370. The Morgan fingerprint density at radius 1 is 1.21 bits per heavy atom. The van der Waals surface area contributed by atoms with Gasteiger partial charge < -0.3 is 15.0 Å². The number of amidine groups is 1. The molecule has 0 aliphatic carbocycles. The van der Waals surface area contributed by atoms with Crippen molar-refractivity contribution in [2.24, 2.45) is 5.10 Å². The van der Waals surface area contributed by atoms with Crippen molar-refractivity contribution in [1.82, 2.24) is 10.3 Å². The zero-order valence-corrected chi connectivity index (χ0v) is 20.2. The third kappa shape index (κ3) is 4.06. The number of benzene rings is 2. The van der Waals surface area contributed by atoms with Gasteiger partial charge in [0.2, 0.25) is 16.7 Å². The Morgan fingerprint density at radius 3 is 2.61 bits per heavy atom. The number of carbonyl (C=O) groups is 3. The molecule has 0 bridgehead atoms. The summed E-state index contributed by atoms with van der Waals surface area (Å²) < 4.78 is 5.94. The van der Waals surface area contributed by atoms with Crippen molar-refractivity contribution in [1.29, 1.82) is 0 Å². The summed E-state index contributed by atoms with van der Waals surface area (Å²) in [4.78, 5) is 38.4. The number of hydrazone groups is 1. The molecule has 2 aromatic rings. The number of halogens is 1. The molecule has 10 heteroatoms. The van der Waals surface area contributed by atoms with Gasteiger partial charge in [-0.3, -0.25) is 14.4 Å². The number of nitrogens with zero attached hydrogens (tertiary/aromatic N) is 3. The van der Waals surface area contributed by atoms with E-state index in [0.29, 0.717) is 22.0 Å². The minimum atomic E-state index is -1.50. The first-order valence-electron chi connectivity index (χ1n) is 10.4. The second kappa shape index (κ2) is 8.72. The largest absolute Gasteiger partial charge is 0.491 e. The second-order valence-corrected chi connectivity index (χ2v) is 9.61. The van der Waals surface area contributed by atoms with Crippen LogP contribution in [0.3, 0.4) is 0 Å². The van der Waals surface area contributed by atoms with Crippen LogP contribution < -0.4 is 15.0 Å². The quantitative estimate of drug-likeness (QED) is 0.709. The molecular formula is C23H23ClN4O4S. The third-order valence-electron chi connectivity index (χ3n) is 5.13. The van der Waals surface area contributed by atoms with E-state index >= 15 is 0 Å². The average Bonchev–Trinajstić information content (AvgIpc) is 3.21. The van der Waals surface area contributed by atoms with Gasteiger partial charge in [0.15, 0.2) is 5.17 Å². The van der Waals surface area contributed by atoms with Crippen molar-refractivity contribution >= 4 is 51.9 Å². The zero-order chi connectivity index (χ0) is 23.9. The lowest BCUT2D eigenvalue weighted by molar-refractivity contribution is -0.139. The van der Waals surface area contributed by atoms with Gasteiger partial charge in [0.05, 0.1) is 18.3 Å². The number of anilines is 1. The lowest BCUT2D eigenvalue weighted by atomic mass is 10.1. The Balaban J connectivity index is 1.81. The second-order valence-electron chi connectivity index (χ2n) is 7.99. The molecule has 33 heavy (non-hydrogen) atoms. The topological polar surface area (TPSA) is 91.3 Å². The van der Waals surface area contributed by atoms with E-state index in [4.69, 9.17) is 16.3 Å². The molecule has 0 fully saturated rings. The fraction of sp³-hybridized carbons (Fsp3) is 0.304. The Bertz CT molecular complexity index is 1180. The summed E-state index contributed by atoms with van der Waals surface area (Å²) >= 11 is 7.32. The van der Waals surface area contributed by atoms with Crippen molar-refractivity contribution < 1.29 is 19.1 Å².